The van der Waals surface area contributed by atoms with Gasteiger partial charge in [-0.25, -0.2) is 0 Å². The topological polar surface area (TPSA) is 0 Å². The van der Waals surface area contributed by atoms with E-state index >= 15 is 0 Å². The van der Waals surface area contributed by atoms with Crippen molar-refractivity contribution in [3.05, 3.63) is 0 Å². The van der Waals surface area contributed by atoms with E-state index in [0.717, 1.165) is 16.8 Å². The van der Waals surface area contributed by atoms with Crippen LogP contribution in [0.1, 0.15) is 19.8 Å². The second-order valence-electron chi connectivity index (χ2n) is 3.73. The minimum absolute atomic E-state index is 0.902. The lowest BCUT2D eigenvalue weighted by Gasteiger charge is -2.40. The van der Waals surface area contributed by atoms with Crippen LogP contribution in [0.5, 0.6) is 0 Å². The number of likely N-dealkylation sites (tertiary alicyclic amines) is 1. The first kappa shape index (κ1) is 10.0. The molecule has 1 aliphatic heterocycles. The van der Waals surface area contributed by atoms with Crippen molar-refractivity contribution in [2.45, 2.75) is 19.8 Å². The number of hydrogen-bond donors (Lipinski definition) is 0. The number of piperidine rings is 1. The molecule has 11 heavy (non-hydrogen) atoms. The molecule has 0 saturated carbocycles. The molecule has 0 N–H and O–H groups in total. The minimum atomic E-state index is 0.902. The Bertz CT molecular complexity index is 123. The molecule has 66 valence electrons. The monoisotopic (exact) mass is 284 g/mol. The maximum Gasteiger partial charge on any atom is 0.135 e. The lowest BCUT2D eigenvalue weighted by molar-refractivity contribution is -0.909. The van der Waals surface area contributed by atoms with Crippen LogP contribution >= 0.6 is 31.9 Å². The summed E-state index contributed by atoms with van der Waals surface area (Å²) in [5, 5.41) is 0. The van der Waals surface area contributed by atoms with E-state index in [1.165, 1.54) is 30.4 Å². The van der Waals surface area contributed by atoms with Gasteiger partial charge in [0.15, 0.2) is 0 Å². The zero-order valence-electron chi connectivity index (χ0n) is 7.02. The average Bonchev–Trinajstić information content (AvgIpc) is 2.04. The smallest absolute Gasteiger partial charge is 0.135 e. The van der Waals surface area contributed by atoms with Crippen molar-refractivity contribution >= 4 is 31.9 Å². The highest BCUT2D eigenvalue weighted by Crippen LogP contribution is 2.25. The number of rotatable bonds is 2. The Balaban J connectivity index is 2.52. The summed E-state index contributed by atoms with van der Waals surface area (Å²) in [7, 11) is 0. The summed E-state index contributed by atoms with van der Waals surface area (Å²) in [5.74, 6) is 0.902. The van der Waals surface area contributed by atoms with Crippen molar-refractivity contribution in [2.75, 3.05) is 24.0 Å². The Labute approximate surface area is 86.0 Å². The SMILES string of the molecule is CC1CCC[N+](CBr)(CBr)C1. The molecule has 0 aromatic rings. The second kappa shape index (κ2) is 4.24. The molecular formula is C8H16Br2N+. The van der Waals surface area contributed by atoms with Crippen LogP contribution in [0, 0.1) is 5.92 Å². The Kier molecular flexibility index (Phi) is 3.86. The lowest BCUT2D eigenvalue weighted by atomic mass is 9.99. The molecule has 0 aromatic carbocycles. The van der Waals surface area contributed by atoms with E-state index in [0.29, 0.717) is 0 Å². The molecular weight excluding hydrogens is 270 g/mol. The first-order chi connectivity index (χ1) is 5.22. The van der Waals surface area contributed by atoms with E-state index in [2.05, 4.69) is 38.8 Å². The van der Waals surface area contributed by atoms with Crippen molar-refractivity contribution in [3.63, 3.8) is 0 Å². The molecule has 0 bridgehead atoms. The molecule has 1 aliphatic rings. The van der Waals surface area contributed by atoms with Gasteiger partial charge in [-0.2, -0.15) is 0 Å². The second-order valence-corrected chi connectivity index (χ2v) is 4.74. The van der Waals surface area contributed by atoms with Gasteiger partial charge in [-0.3, -0.25) is 0 Å². The molecule has 0 amide bonds. The van der Waals surface area contributed by atoms with Gasteiger partial charge in [-0.15, -0.1) is 0 Å². The summed E-state index contributed by atoms with van der Waals surface area (Å²) in [6.07, 6.45) is 2.80. The van der Waals surface area contributed by atoms with Gasteiger partial charge in [-0.05, 0) is 44.7 Å². The van der Waals surface area contributed by atoms with E-state index in [4.69, 9.17) is 0 Å². The Morgan fingerprint density at radius 2 is 2.00 bits per heavy atom. The third-order valence-electron chi connectivity index (χ3n) is 2.54. The highest BCUT2D eigenvalue weighted by atomic mass is 79.9. The van der Waals surface area contributed by atoms with E-state index in [1.807, 2.05) is 0 Å². The molecule has 1 atom stereocenters. The van der Waals surface area contributed by atoms with Gasteiger partial charge < -0.3 is 4.48 Å². The molecule has 1 unspecified atom stereocenters. The minimum Gasteiger partial charge on any atom is -0.306 e. The Hall–Kier alpha value is 0.920. The highest BCUT2D eigenvalue weighted by molar-refractivity contribution is 9.09. The third-order valence-corrected chi connectivity index (χ3v) is 4.66. The summed E-state index contributed by atoms with van der Waals surface area (Å²) in [6, 6.07) is 0. The Morgan fingerprint density at radius 3 is 2.36 bits per heavy atom. The normalized spacial score (nSPS) is 30.3. The first-order valence-corrected chi connectivity index (χ1v) is 6.44. The zero-order chi connectivity index (χ0) is 8.32. The number of hydrogen-bond acceptors (Lipinski definition) is 0. The molecule has 1 saturated heterocycles. The fraction of sp³-hybridized carbons (Fsp3) is 1.00. The molecule has 1 fully saturated rings. The number of halogens is 2. The quantitative estimate of drug-likeness (QED) is 0.416. The van der Waals surface area contributed by atoms with Crippen LogP contribution < -0.4 is 0 Å². The largest absolute Gasteiger partial charge is 0.306 e. The van der Waals surface area contributed by atoms with Gasteiger partial charge in [0.25, 0.3) is 0 Å². The van der Waals surface area contributed by atoms with Gasteiger partial charge in [0.1, 0.15) is 10.9 Å². The molecule has 0 aliphatic carbocycles. The van der Waals surface area contributed by atoms with Gasteiger partial charge >= 0.3 is 0 Å². The van der Waals surface area contributed by atoms with Gasteiger partial charge in [-0.1, -0.05) is 6.92 Å². The van der Waals surface area contributed by atoms with Crippen LogP contribution in [0.4, 0.5) is 0 Å². The standard InChI is InChI=1S/C8H16Br2N/c1-8-3-2-4-11(5-8,6-9)7-10/h8H,2-7H2,1H3/q+1. The van der Waals surface area contributed by atoms with E-state index < -0.39 is 0 Å². The lowest BCUT2D eigenvalue weighted by Crippen LogP contribution is -2.51. The number of quaternary nitrogens is 1. The van der Waals surface area contributed by atoms with Crippen molar-refractivity contribution in [2.24, 2.45) is 5.92 Å². The maximum atomic E-state index is 3.60. The highest BCUT2D eigenvalue weighted by Gasteiger charge is 2.30. The molecule has 0 aromatic heterocycles. The Morgan fingerprint density at radius 1 is 1.36 bits per heavy atom. The molecule has 1 heterocycles. The fourth-order valence-corrected chi connectivity index (χ4v) is 3.61. The number of nitrogens with zero attached hydrogens (tertiary/aromatic N) is 1. The summed E-state index contributed by atoms with van der Waals surface area (Å²) in [5.41, 5.74) is 2.20. The van der Waals surface area contributed by atoms with Crippen molar-refractivity contribution in [1.82, 2.24) is 0 Å². The van der Waals surface area contributed by atoms with Crippen molar-refractivity contribution in [3.8, 4) is 0 Å². The van der Waals surface area contributed by atoms with Crippen molar-refractivity contribution < 1.29 is 4.48 Å². The predicted octanol–water partition coefficient (Wildman–Crippen LogP) is 2.94. The van der Waals surface area contributed by atoms with Crippen LogP contribution in [0.3, 0.4) is 0 Å². The fourth-order valence-electron chi connectivity index (χ4n) is 1.87. The summed E-state index contributed by atoms with van der Waals surface area (Å²) in [6.45, 7) is 5.02. The maximum absolute atomic E-state index is 3.60. The summed E-state index contributed by atoms with van der Waals surface area (Å²) in [4.78, 5) is 0. The molecule has 1 nitrogen and oxygen atoms in total. The van der Waals surface area contributed by atoms with Crippen LogP contribution in [0.25, 0.3) is 0 Å². The van der Waals surface area contributed by atoms with E-state index in [-0.39, 0.29) is 0 Å². The molecule has 1 rings (SSSR count). The van der Waals surface area contributed by atoms with E-state index in [1.54, 1.807) is 0 Å². The van der Waals surface area contributed by atoms with Gasteiger partial charge in [0.05, 0.1) is 13.1 Å². The molecule has 0 radical (unpaired) electrons. The zero-order valence-corrected chi connectivity index (χ0v) is 10.2. The van der Waals surface area contributed by atoms with Crippen molar-refractivity contribution in [1.29, 1.82) is 0 Å². The molecule has 3 heteroatoms. The van der Waals surface area contributed by atoms with Crippen LogP contribution in [-0.4, -0.2) is 28.5 Å². The van der Waals surface area contributed by atoms with Gasteiger partial charge in [0, 0.05) is 5.92 Å². The predicted molar refractivity (Wildman–Crippen MR) is 56.0 cm³/mol. The van der Waals surface area contributed by atoms with Gasteiger partial charge in [0.2, 0.25) is 0 Å². The van der Waals surface area contributed by atoms with Crippen LogP contribution in [0.15, 0.2) is 0 Å². The first-order valence-electron chi connectivity index (χ1n) is 4.19. The average molecular weight is 286 g/mol. The van der Waals surface area contributed by atoms with Crippen LogP contribution in [-0.2, 0) is 0 Å². The third kappa shape index (κ3) is 2.43. The van der Waals surface area contributed by atoms with Crippen LogP contribution in [0.2, 0.25) is 0 Å². The summed E-state index contributed by atoms with van der Waals surface area (Å²) >= 11 is 7.20. The number of alkyl halides is 2. The summed E-state index contributed by atoms with van der Waals surface area (Å²) < 4.78 is 1.21. The van der Waals surface area contributed by atoms with E-state index in [9.17, 15) is 0 Å². The molecule has 0 spiro atoms.